The van der Waals surface area contributed by atoms with Crippen molar-refractivity contribution in [1.29, 1.82) is 0 Å². The SMILES string of the molecule is C=CC(=O)N1CCCC1c1cnc(N2C[C@H](CS(C)(=O)=O)[C@H]2C)c2cnc(Nc3ccnc(N4CC[C@@H](OCCCN5CCOCC5)[C@@H](F)C4)n3)cc12. The lowest BCUT2D eigenvalue weighted by atomic mass is 9.90. The number of pyridine rings is 2. The molecule has 16 heteroatoms. The molecule has 4 aliphatic heterocycles. The van der Waals surface area contributed by atoms with Gasteiger partial charge in [-0.25, -0.2) is 27.8 Å². The van der Waals surface area contributed by atoms with E-state index >= 15 is 4.39 Å². The molecule has 7 heterocycles. The highest BCUT2D eigenvalue weighted by Crippen LogP contribution is 2.41. The fourth-order valence-corrected chi connectivity index (χ4v) is 9.19. The highest BCUT2D eigenvalue weighted by atomic mass is 32.2. The summed E-state index contributed by atoms with van der Waals surface area (Å²) in [5, 5.41) is 5.03. The number of ether oxygens (including phenoxy) is 2. The number of carbonyl (C=O) groups excluding carboxylic acids is 1. The molecule has 0 aliphatic carbocycles. The van der Waals surface area contributed by atoms with Crippen molar-refractivity contribution in [1.82, 2.24) is 29.7 Å². The van der Waals surface area contributed by atoms with Crippen molar-refractivity contribution in [3.05, 3.63) is 48.9 Å². The molecule has 0 radical (unpaired) electrons. The van der Waals surface area contributed by atoms with E-state index in [0.717, 1.165) is 74.3 Å². The lowest BCUT2D eigenvalue weighted by Crippen LogP contribution is -2.57. The highest BCUT2D eigenvalue weighted by Gasteiger charge is 2.40. The average molecular weight is 752 g/mol. The Labute approximate surface area is 310 Å². The van der Waals surface area contributed by atoms with Gasteiger partial charge in [-0.15, -0.1) is 0 Å². The Morgan fingerprint density at radius 1 is 1.09 bits per heavy atom. The number of fused-ring (bicyclic) bond motifs is 1. The number of likely N-dealkylation sites (tertiary alicyclic amines) is 1. The predicted molar refractivity (Wildman–Crippen MR) is 202 cm³/mol. The van der Waals surface area contributed by atoms with Gasteiger partial charge in [0.2, 0.25) is 11.9 Å². The number of nitrogens with one attached hydrogen (secondary N) is 1. The van der Waals surface area contributed by atoms with Crippen LogP contribution in [0.2, 0.25) is 0 Å². The molecule has 5 atom stereocenters. The second kappa shape index (κ2) is 16.2. The number of nitrogens with zero attached hydrogens (tertiary/aromatic N) is 8. The molecule has 1 N–H and O–H groups in total. The number of amides is 1. The maximum Gasteiger partial charge on any atom is 0.246 e. The first-order chi connectivity index (χ1) is 25.6. The summed E-state index contributed by atoms with van der Waals surface area (Å²) in [7, 11) is -3.11. The Hall–Kier alpha value is -3.99. The number of hydrogen-bond acceptors (Lipinski definition) is 13. The van der Waals surface area contributed by atoms with Crippen molar-refractivity contribution in [2.75, 3.05) is 92.8 Å². The molecule has 1 unspecified atom stereocenters. The van der Waals surface area contributed by atoms with Crippen LogP contribution in [0.5, 0.6) is 0 Å². The number of piperidine rings is 1. The van der Waals surface area contributed by atoms with Gasteiger partial charge in [0.1, 0.15) is 33.5 Å². The number of rotatable bonds is 13. The molecular formula is C37H50FN9O5S. The molecule has 53 heavy (non-hydrogen) atoms. The van der Waals surface area contributed by atoms with Crippen molar-refractivity contribution in [3.63, 3.8) is 0 Å². The van der Waals surface area contributed by atoms with Crippen LogP contribution in [-0.2, 0) is 24.1 Å². The first-order valence-corrected chi connectivity index (χ1v) is 20.7. The highest BCUT2D eigenvalue weighted by molar-refractivity contribution is 7.90. The van der Waals surface area contributed by atoms with Crippen LogP contribution < -0.4 is 15.1 Å². The molecule has 4 fully saturated rings. The van der Waals surface area contributed by atoms with E-state index in [1.807, 2.05) is 29.0 Å². The monoisotopic (exact) mass is 751 g/mol. The van der Waals surface area contributed by atoms with Crippen molar-refractivity contribution < 1.29 is 27.1 Å². The molecule has 0 aromatic carbocycles. The van der Waals surface area contributed by atoms with Gasteiger partial charge >= 0.3 is 0 Å². The van der Waals surface area contributed by atoms with Gasteiger partial charge < -0.3 is 29.5 Å². The van der Waals surface area contributed by atoms with Gasteiger partial charge in [0.15, 0.2) is 0 Å². The number of hydrogen-bond donors (Lipinski definition) is 1. The standard InChI is InChI=1S/C37H50FN9O5S/c1-4-35(48)46-12-5-7-31(46)28-20-41-36(47-22-26(25(47)2)24-53(3,49)50)29-21-40-34(19-27(28)29)42-33-8-10-39-37(43-33)45-13-9-32(30(38)23-45)52-16-6-11-44-14-17-51-18-15-44/h4,8,10,19-21,25-26,30-32H,1,5-7,9,11-18,22-24H2,2-3H3,(H,39,40,42,43)/t25-,26-,30+,31?,32-/m1/s1. The Bertz CT molecular complexity index is 1900. The fraction of sp³-hybridized carbons (Fsp3) is 0.595. The average Bonchev–Trinajstić information content (AvgIpc) is 3.65. The quantitative estimate of drug-likeness (QED) is 0.201. The van der Waals surface area contributed by atoms with E-state index in [1.165, 1.54) is 12.3 Å². The molecule has 4 saturated heterocycles. The number of alkyl halides is 1. The molecule has 286 valence electrons. The third-order valence-corrected chi connectivity index (χ3v) is 12.0. The molecule has 7 rings (SSSR count). The fourth-order valence-electron chi connectivity index (χ4n) is 8.03. The van der Waals surface area contributed by atoms with E-state index < -0.39 is 22.1 Å². The molecule has 0 bridgehead atoms. The minimum atomic E-state index is -3.11. The van der Waals surface area contributed by atoms with E-state index in [9.17, 15) is 13.2 Å². The van der Waals surface area contributed by atoms with Crippen LogP contribution in [0.4, 0.5) is 27.8 Å². The van der Waals surface area contributed by atoms with Crippen LogP contribution >= 0.6 is 0 Å². The summed E-state index contributed by atoms with van der Waals surface area (Å²) in [5.74, 6) is 2.22. The zero-order valence-electron chi connectivity index (χ0n) is 30.6. The van der Waals surface area contributed by atoms with Gasteiger partial charge in [-0.3, -0.25) is 9.69 Å². The molecule has 0 spiro atoms. The number of sulfone groups is 1. The first-order valence-electron chi connectivity index (χ1n) is 18.6. The number of anilines is 4. The van der Waals surface area contributed by atoms with Gasteiger partial charge in [0.05, 0.1) is 37.7 Å². The summed E-state index contributed by atoms with van der Waals surface area (Å²) in [6.07, 6.45) is 9.33. The van der Waals surface area contributed by atoms with Gasteiger partial charge in [0.25, 0.3) is 0 Å². The van der Waals surface area contributed by atoms with Gasteiger partial charge in [-0.2, -0.15) is 4.98 Å². The third kappa shape index (κ3) is 8.55. The first kappa shape index (κ1) is 37.3. The van der Waals surface area contributed by atoms with E-state index in [2.05, 4.69) is 26.7 Å². The van der Waals surface area contributed by atoms with Gasteiger partial charge in [-0.1, -0.05) is 6.58 Å². The largest absolute Gasteiger partial charge is 0.379 e. The van der Waals surface area contributed by atoms with Crippen LogP contribution in [0.3, 0.4) is 0 Å². The molecule has 3 aromatic rings. The number of morpholine rings is 1. The number of aromatic nitrogens is 4. The summed E-state index contributed by atoms with van der Waals surface area (Å²) >= 11 is 0. The van der Waals surface area contributed by atoms with Crippen LogP contribution in [0.1, 0.15) is 44.2 Å². The lowest BCUT2D eigenvalue weighted by molar-refractivity contribution is -0.126. The Morgan fingerprint density at radius 2 is 1.92 bits per heavy atom. The van der Waals surface area contributed by atoms with E-state index in [-0.39, 0.29) is 36.2 Å². The van der Waals surface area contributed by atoms with E-state index in [1.54, 1.807) is 18.5 Å². The topological polar surface area (TPSA) is 146 Å². The minimum absolute atomic E-state index is 0.00878. The van der Waals surface area contributed by atoms with Crippen LogP contribution in [0, 0.1) is 5.92 Å². The maximum absolute atomic E-state index is 15.3. The summed E-state index contributed by atoms with van der Waals surface area (Å²) < 4.78 is 50.7. The predicted octanol–water partition coefficient (Wildman–Crippen LogP) is 3.54. The van der Waals surface area contributed by atoms with Crippen molar-refractivity contribution in [2.45, 2.75) is 57.0 Å². The molecule has 1 amide bonds. The summed E-state index contributed by atoms with van der Waals surface area (Å²) in [6, 6.07) is 3.50. The van der Waals surface area contributed by atoms with Crippen molar-refractivity contribution in [3.8, 4) is 0 Å². The normalized spacial score (nSPS) is 25.4. The summed E-state index contributed by atoms with van der Waals surface area (Å²) in [6.45, 7) is 12.5. The van der Waals surface area contributed by atoms with Crippen LogP contribution in [0.15, 0.2) is 43.4 Å². The Kier molecular flexibility index (Phi) is 11.4. The van der Waals surface area contributed by atoms with Crippen molar-refractivity contribution >= 4 is 49.9 Å². The second-order valence-electron chi connectivity index (χ2n) is 14.6. The third-order valence-electron chi connectivity index (χ3n) is 11.0. The molecule has 14 nitrogen and oxygen atoms in total. The maximum atomic E-state index is 15.3. The number of carbonyl (C=O) groups is 1. The minimum Gasteiger partial charge on any atom is -0.379 e. The summed E-state index contributed by atoms with van der Waals surface area (Å²) in [5.41, 5.74) is 0.909. The Balaban J connectivity index is 1.06. The molecule has 0 saturated carbocycles. The van der Waals surface area contributed by atoms with E-state index in [0.29, 0.717) is 50.2 Å². The second-order valence-corrected chi connectivity index (χ2v) is 16.8. The molecular weight excluding hydrogens is 702 g/mol. The molecule has 3 aromatic heterocycles. The van der Waals surface area contributed by atoms with E-state index in [4.69, 9.17) is 24.4 Å². The zero-order valence-corrected chi connectivity index (χ0v) is 31.4. The van der Waals surface area contributed by atoms with Gasteiger partial charge in [-0.05, 0) is 56.2 Å². The van der Waals surface area contributed by atoms with Crippen molar-refractivity contribution in [2.24, 2.45) is 5.92 Å². The molecule has 4 aliphatic rings. The van der Waals surface area contributed by atoms with Crippen LogP contribution in [0.25, 0.3) is 10.8 Å². The zero-order chi connectivity index (χ0) is 37.1. The lowest BCUT2D eigenvalue weighted by Gasteiger charge is -2.47. The summed E-state index contributed by atoms with van der Waals surface area (Å²) in [4.78, 5) is 39.8. The Morgan fingerprint density at radius 3 is 2.68 bits per heavy atom. The van der Waals surface area contributed by atoms with Crippen LogP contribution in [-0.4, -0.2) is 140 Å². The number of halogens is 1. The smallest absolute Gasteiger partial charge is 0.246 e. The van der Waals surface area contributed by atoms with Gasteiger partial charge in [0, 0.05) is 93.6 Å².